The highest BCUT2D eigenvalue weighted by Gasteiger charge is 2.40. The maximum absolute atomic E-state index is 12.3. The number of urea groups is 1. The van der Waals surface area contributed by atoms with Crippen molar-refractivity contribution in [3.63, 3.8) is 0 Å². The van der Waals surface area contributed by atoms with Gasteiger partial charge in [-0.2, -0.15) is 0 Å². The number of aliphatic carboxylic acids is 1. The van der Waals surface area contributed by atoms with Crippen LogP contribution in [0, 0.1) is 5.92 Å². The number of rotatable bonds is 5. The minimum atomic E-state index is -0.952. The van der Waals surface area contributed by atoms with Gasteiger partial charge in [-0.05, 0) is 13.8 Å². The molecule has 1 saturated heterocycles. The fourth-order valence-corrected chi connectivity index (χ4v) is 2.29. The fraction of sp³-hybridized carbons (Fsp3) is 0.833. The van der Waals surface area contributed by atoms with Gasteiger partial charge in [-0.25, -0.2) is 4.79 Å². The molecule has 0 radical (unpaired) electrons. The van der Waals surface area contributed by atoms with Crippen molar-refractivity contribution in [1.29, 1.82) is 0 Å². The molecule has 1 heterocycles. The molecule has 2 amide bonds. The number of carbonyl (C=O) groups is 2. The van der Waals surface area contributed by atoms with E-state index in [2.05, 4.69) is 0 Å². The van der Waals surface area contributed by atoms with Gasteiger partial charge in [-0.3, -0.25) is 4.79 Å². The standard InChI is InChI=1S/C12H22N2O5/c1-4-14(12(18)13(3)5-8(2)15)10-7-19-6-9(10)11(16)17/h8-10,15H,4-7H2,1-3H3,(H,16,17). The highest BCUT2D eigenvalue weighted by atomic mass is 16.5. The summed E-state index contributed by atoms with van der Waals surface area (Å²) in [6.45, 7) is 4.37. The lowest BCUT2D eigenvalue weighted by Gasteiger charge is -2.33. The number of hydrogen-bond donors (Lipinski definition) is 2. The van der Waals surface area contributed by atoms with E-state index in [-0.39, 0.29) is 25.8 Å². The summed E-state index contributed by atoms with van der Waals surface area (Å²) < 4.78 is 5.18. The van der Waals surface area contributed by atoms with Crippen LogP contribution in [0.15, 0.2) is 0 Å². The van der Waals surface area contributed by atoms with Crippen LogP contribution in [-0.2, 0) is 9.53 Å². The Bertz CT molecular complexity index is 334. The summed E-state index contributed by atoms with van der Waals surface area (Å²) in [6, 6.07) is -0.739. The number of aliphatic hydroxyl groups is 1. The van der Waals surface area contributed by atoms with Crippen LogP contribution in [0.5, 0.6) is 0 Å². The molecule has 2 N–H and O–H groups in total. The summed E-state index contributed by atoms with van der Waals surface area (Å²) in [5, 5.41) is 18.4. The van der Waals surface area contributed by atoms with Gasteiger partial charge in [-0.15, -0.1) is 0 Å². The molecule has 0 aromatic rings. The Kier molecular flexibility index (Phi) is 5.56. The minimum absolute atomic E-state index is 0.129. The molecule has 0 aromatic carbocycles. The Balaban J connectivity index is 2.76. The van der Waals surface area contributed by atoms with E-state index in [0.29, 0.717) is 6.54 Å². The van der Waals surface area contributed by atoms with E-state index in [1.165, 1.54) is 9.80 Å². The fourth-order valence-electron chi connectivity index (χ4n) is 2.29. The largest absolute Gasteiger partial charge is 0.481 e. The van der Waals surface area contributed by atoms with Crippen molar-refractivity contribution in [2.24, 2.45) is 5.92 Å². The first-order valence-corrected chi connectivity index (χ1v) is 6.38. The number of hydrogen-bond acceptors (Lipinski definition) is 4. The normalized spacial score (nSPS) is 24.0. The molecule has 0 spiro atoms. The van der Waals surface area contributed by atoms with E-state index in [1.807, 2.05) is 0 Å². The Morgan fingerprint density at radius 2 is 2.05 bits per heavy atom. The molecule has 7 heteroatoms. The quantitative estimate of drug-likeness (QED) is 0.727. The van der Waals surface area contributed by atoms with Crippen molar-refractivity contribution < 1.29 is 24.5 Å². The van der Waals surface area contributed by atoms with Crippen LogP contribution in [0.1, 0.15) is 13.8 Å². The lowest BCUT2D eigenvalue weighted by atomic mass is 10.0. The van der Waals surface area contributed by atoms with Crippen LogP contribution in [-0.4, -0.2) is 77.5 Å². The van der Waals surface area contributed by atoms with Crippen LogP contribution in [0.4, 0.5) is 4.79 Å². The van der Waals surface area contributed by atoms with Crippen LogP contribution in [0.25, 0.3) is 0 Å². The zero-order chi connectivity index (χ0) is 14.6. The van der Waals surface area contributed by atoms with Crippen LogP contribution >= 0.6 is 0 Å². The van der Waals surface area contributed by atoms with Crippen molar-refractivity contribution in [2.75, 3.05) is 33.4 Å². The molecule has 1 rings (SSSR count). The van der Waals surface area contributed by atoms with Crippen molar-refractivity contribution >= 4 is 12.0 Å². The molecule has 110 valence electrons. The van der Waals surface area contributed by atoms with E-state index in [0.717, 1.165) is 0 Å². The second kappa shape index (κ2) is 6.72. The van der Waals surface area contributed by atoms with Gasteiger partial charge in [0.25, 0.3) is 0 Å². The average molecular weight is 274 g/mol. The first-order valence-electron chi connectivity index (χ1n) is 6.38. The van der Waals surface area contributed by atoms with Crippen molar-refractivity contribution in [1.82, 2.24) is 9.80 Å². The smallest absolute Gasteiger partial charge is 0.320 e. The molecule has 1 fully saturated rings. The Labute approximate surface area is 112 Å². The number of amides is 2. The van der Waals surface area contributed by atoms with Crippen LogP contribution in [0.3, 0.4) is 0 Å². The van der Waals surface area contributed by atoms with Gasteiger partial charge in [0.2, 0.25) is 0 Å². The van der Waals surface area contributed by atoms with Gasteiger partial charge in [0.05, 0.1) is 25.4 Å². The summed E-state index contributed by atoms with van der Waals surface area (Å²) in [7, 11) is 1.59. The maximum Gasteiger partial charge on any atom is 0.320 e. The van der Waals surface area contributed by atoms with Crippen LogP contribution < -0.4 is 0 Å². The Morgan fingerprint density at radius 3 is 2.53 bits per heavy atom. The van der Waals surface area contributed by atoms with E-state index in [9.17, 15) is 14.7 Å². The van der Waals surface area contributed by atoms with Crippen molar-refractivity contribution in [3.05, 3.63) is 0 Å². The zero-order valence-electron chi connectivity index (χ0n) is 11.6. The summed E-state index contributed by atoms with van der Waals surface area (Å²) >= 11 is 0. The average Bonchev–Trinajstić information content (AvgIpc) is 2.78. The van der Waals surface area contributed by atoms with Gasteiger partial charge in [0.1, 0.15) is 5.92 Å². The molecule has 0 aliphatic carbocycles. The SMILES string of the molecule is CCN(C(=O)N(C)CC(C)O)C1COCC1C(=O)O. The number of aliphatic hydroxyl groups excluding tert-OH is 1. The van der Waals surface area contributed by atoms with Crippen molar-refractivity contribution in [3.8, 4) is 0 Å². The molecular formula is C12H22N2O5. The highest BCUT2D eigenvalue weighted by molar-refractivity contribution is 5.77. The van der Waals surface area contributed by atoms with Crippen LogP contribution in [0.2, 0.25) is 0 Å². The van der Waals surface area contributed by atoms with Gasteiger partial charge in [-0.1, -0.05) is 0 Å². The molecule has 0 bridgehead atoms. The first kappa shape index (κ1) is 15.7. The first-order chi connectivity index (χ1) is 8.88. The molecule has 0 saturated carbocycles. The van der Waals surface area contributed by atoms with E-state index < -0.39 is 24.0 Å². The molecular weight excluding hydrogens is 252 g/mol. The molecule has 1 aliphatic heterocycles. The van der Waals surface area contributed by atoms with E-state index >= 15 is 0 Å². The molecule has 19 heavy (non-hydrogen) atoms. The predicted molar refractivity (Wildman–Crippen MR) is 67.8 cm³/mol. The lowest BCUT2D eigenvalue weighted by Crippen LogP contribution is -2.51. The van der Waals surface area contributed by atoms with Crippen molar-refractivity contribution in [2.45, 2.75) is 26.0 Å². The second-order valence-corrected chi connectivity index (χ2v) is 4.85. The third kappa shape index (κ3) is 3.81. The van der Waals surface area contributed by atoms with Gasteiger partial charge >= 0.3 is 12.0 Å². The van der Waals surface area contributed by atoms with E-state index in [4.69, 9.17) is 9.84 Å². The Morgan fingerprint density at radius 1 is 1.42 bits per heavy atom. The van der Waals surface area contributed by atoms with Gasteiger partial charge in [0, 0.05) is 20.1 Å². The predicted octanol–water partition coefficient (Wildman–Crippen LogP) is -0.159. The molecule has 3 atom stereocenters. The summed E-state index contributed by atoms with van der Waals surface area (Å²) in [5.74, 6) is -1.64. The third-order valence-electron chi connectivity index (χ3n) is 3.22. The lowest BCUT2D eigenvalue weighted by molar-refractivity contribution is -0.142. The topological polar surface area (TPSA) is 90.3 Å². The third-order valence-corrected chi connectivity index (χ3v) is 3.22. The number of carboxylic acids is 1. The summed E-state index contributed by atoms with van der Waals surface area (Å²) in [6.07, 6.45) is -0.622. The summed E-state index contributed by atoms with van der Waals surface area (Å²) in [5.41, 5.74) is 0. The minimum Gasteiger partial charge on any atom is -0.481 e. The number of nitrogens with zero attached hydrogens (tertiary/aromatic N) is 2. The number of carboxylic acid groups (broad SMARTS) is 1. The summed E-state index contributed by atoms with van der Waals surface area (Å²) in [4.78, 5) is 26.3. The number of ether oxygens (including phenoxy) is 1. The highest BCUT2D eigenvalue weighted by Crippen LogP contribution is 2.21. The molecule has 3 unspecified atom stereocenters. The molecule has 0 aromatic heterocycles. The number of likely N-dealkylation sites (N-methyl/N-ethyl adjacent to an activating group) is 2. The Hall–Kier alpha value is -1.34. The molecule has 7 nitrogen and oxygen atoms in total. The molecule has 1 aliphatic rings. The van der Waals surface area contributed by atoms with Gasteiger partial charge in [0.15, 0.2) is 0 Å². The number of carbonyl (C=O) groups excluding carboxylic acids is 1. The monoisotopic (exact) mass is 274 g/mol. The maximum atomic E-state index is 12.3. The zero-order valence-corrected chi connectivity index (χ0v) is 11.6. The second-order valence-electron chi connectivity index (χ2n) is 4.85. The van der Waals surface area contributed by atoms with Gasteiger partial charge < -0.3 is 24.7 Å². The van der Waals surface area contributed by atoms with E-state index in [1.54, 1.807) is 20.9 Å².